The number of para-hydroxylation sites is 1. The summed E-state index contributed by atoms with van der Waals surface area (Å²) in [5, 5.41) is 3.48. The molecule has 2 aliphatic heterocycles. The van der Waals surface area contributed by atoms with Crippen LogP contribution in [0.5, 0.6) is 5.75 Å². The molecule has 5 nitrogen and oxygen atoms in total. The summed E-state index contributed by atoms with van der Waals surface area (Å²) in [5.41, 5.74) is 4.93. The van der Waals surface area contributed by atoms with Gasteiger partial charge in [0.25, 0.3) is 0 Å². The van der Waals surface area contributed by atoms with Crippen LogP contribution in [0, 0.1) is 6.92 Å². The Morgan fingerprint density at radius 3 is 2.72 bits per heavy atom. The number of benzene rings is 2. The van der Waals surface area contributed by atoms with Crippen molar-refractivity contribution in [3.8, 4) is 5.75 Å². The Bertz CT molecular complexity index is 727. The lowest BCUT2D eigenvalue weighted by atomic mass is 10.1. The molecule has 0 bridgehead atoms. The molecular formula is C20H25N3O2. The van der Waals surface area contributed by atoms with Crippen LogP contribution in [0.1, 0.15) is 11.1 Å². The highest BCUT2D eigenvalue weighted by Crippen LogP contribution is 2.28. The molecule has 0 aliphatic carbocycles. The first kappa shape index (κ1) is 16.2. The Morgan fingerprint density at radius 1 is 1.04 bits per heavy atom. The van der Waals surface area contributed by atoms with Gasteiger partial charge in [0.05, 0.1) is 0 Å². The zero-order chi connectivity index (χ0) is 17.1. The van der Waals surface area contributed by atoms with Crippen molar-refractivity contribution in [3.05, 3.63) is 53.6 Å². The number of hydrogen-bond donors (Lipinski definition) is 1. The molecule has 1 fully saturated rings. The predicted molar refractivity (Wildman–Crippen MR) is 100 cm³/mol. The quantitative estimate of drug-likeness (QED) is 0.848. The molecule has 5 heteroatoms. The lowest BCUT2D eigenvalue weighted by Gasteiger charge is -2.36. The molecule has 2 heterocycles. The largest absolute Gasteiger partial charge is 0.384 e. The van der Waals surface area contributed by atoms with Crippen molar-refractivity contribution in [1.29, 1.82) is 0 Å². The highest BCUT2D eigenvalue weighted by molar-refractivity contribution is 5.53. The van der Waals surface area contributed by atoms with Crippen LogP contribution in [0.4, 0.5) is 11.4 Å². The van der Waals surface area contributed by atoms with E-state index in [1.807, 2.05) is 6.07 Å². The van der Waals surface area contributed by atoms with Crippen molar-refractivity contribution in [2.24, 2.45) is 0 Å². The van der Waals surface area contributed by atoms with E-state index in [4.69, 9.17) is 9.78 Å². The Kier molecular flexibility index (Phi) is 4.76. The number of piperazine rings is 1. The van der Waals surface area contributed by atoms with Crippen LogP contribution in [-0.4, -0.2) is 44.2 Å². The zero-order valence-electron chi connectivity index (χ0n) is 14.7. The van der Waals surface area contributed by atoms with Gasteiger partial charge < -0.3 is 15.1 Å². The van der Waals surface area contributed by atoms with Crippen molar-refractivity contribution in [3.63, 3.8) is 0 Å². The van der Waals surface area contributed by atoms with E-state index in [0.29, 0.717) is 6.61 Å². The van der Waals surface area contributed by atoms with Gasteiger partial charge in [-0.25, -0.2) is 0 Å². The van der Waals surface area contributed by atoms with E-state index < -0.39 is 0 Å². The summed E-state index contributed by atoms with van der Waals surface area (Å²) in [6, 6.07) is 14.8. The molecule has 2 aromatic carbocycles. The maximum atomic E-state index is 5.14. The fraction of sp³-hybridized carbons (Fsp3) is 0.400. The van der Waals surface area contributed by atoms with Crippen molar-refractivity contribution in [2.75, 3.05) is 49.5 Å². The highest BCUT2D eigenvalue weighted by atomic mass is 17.2. The monoisotopic (exact) mass is 339 g/mol. The van der Waals surface area contributed by atoms with Crippen LogP contribution in [0.2, 0.25) is 0 Å². The van der Waals surface area contributed by atoms with Crippen molar-refractivity contribution in [2.45, 2.75) is 13.5 Å². The second kappa shape index (κ2) is 7.33. The van der Waals surface area contributed by atoms with Crippen LogP contribution in [0.3, 0.4) is 0 Å². The summed E-state index contributed by atoms with van der Waals surface area (Å²) in [4.78, 5) is 15.1. The number of rotatable bonds is 5. The molecule has 25 heavy (non-hydrogen) atoms. The van der Waals surface area contributed by atoms with Gasteiger partial charge in [0, 0.05) is 62.3 Å². The molecule has 0 amide bonds. The lowest BCUT2D eigenvalue weighted by Crippen LogP contribution is -2.47. The number of fused-ring (bicyclic) bond motifs is 1. The van der Waals surface area contributed by atoms with Gasteiger partial charge in [0.2, 0.25) is 0 Å². The van der Waals surface area contributed by atoms with E-state index in [9.17, 15) is 0 Å². The van der Waals surface area contributed by atoms with Gasteiger partial charge in [0.15, 0.2) is 5.75 Å². The molecule has 0 unspecified atom stereocenters. The van der Waals surface area contributed by atoms with Gasteiger partial charge in [-0.3, -0.25) is 4.90 Å². The van der Waals surface area contributed by atoms with Crippen LogP contribution < -0.4 is 15.1 Å². The molecule has 1 saturated heterocycles. The molecule has 132 valence electrons. The number of nitrogens with one attached hydrogen (secondary N) is 1. The molecule has 4 rings (SSSR count). The maximum absolute atomic E-state index is 5.14. The summed E-state index contributed by atoms with van der Waals surface area (Å²) >= 11 is 0. The van der Waals surface area contributed by atoms with Crippen molar-refractivity contribution < 1.29 is 9.78 Å². The third kappa shape index (κ3) is 3.72. The normalized spacial score (nSPS) is 17.2. The minimum atomic E-state index is 0.542. The van der Waals surface area contributed by atoms with E-state index >= 15 is 0 Å². The number of aryl methyl sites for hydroxylation is 1. The first-order valence-electron chi connectivity index (χ1n) is 8.99. The summed E-state index contributed by atoms with van der Waals surface area (Å²) in [7, 11) is 0. The van der Waals surface area contributed by atoms with E-state index in [1.165, 1.54) is 11.3 Å². The molecule has 1 N–H and O–H groups in total. The summed E-state index contributed by atoms with van der Waals surface area (Å²) in [6.07, 6.45) is 0. The van der Waals surface area contributed by atoms with Gasteiger partial charge >= 0.3 is 0 Å². The third-order valence-electron chi connectivity index (χ3n) is 5.02. The minimum Gasteiger partial charge on any atom is -0.384 e. The van der Waals surface area contributed by atoms with E-state index in [1.54, 1.807) is 0 Å². The molecule has 0 saturated carbocycles. The maximum Gasteiger partial charge on any atom is 0.173 e. The number of hydrogen-bond acceptors (Lipinski definition) is 5. The molecule has 2 aromatic rings. The number of anilines is 2. The second-order valence-corrected chi connectivity index (χ2v) is 6.71. The molecule has 0 spiro atoms. The zero-order valence-corrected chi connectivity index (χ0v) is 14.7. The molecule has 0 aromatic heterocycles. The van der Waals surface area contributed by atoms with E-state index in [-0.39, 0.29) is 0 Å². The molecular weight excluding hydrogens is 314 g/mol. The lowest BCUT2D eigenvalue weighted by molar-refractivity contribution is -0.194. The first-order chi connectivity index (χ1) is 12.3. The predicted octanol–water partition coefficient (Wildman–Crippen LogP) is 3.05. The third-order valence-corrected chi connectivity index (χ3v) is 5.02. The Balaban J connectivity index is 1.23. The smallest absolute Gasteiger partial charge is 0.173 e. The van der Waals surface area contributed by atoms with Gasteiger partial charge in [0.1, 0.15) is 6.61 Å². The summed E-state index contributed by atoms with van der Waals surface area (Å²) in [5.74, 6) is 0.830. The topological polar surface area (TPSA) is 37.0 Å². The average molecular weight is 339 g/mol. The van der Waals surface area contributed by atoms with Gasteiger partial charge in [-0.2, -0.15) is 4.89 Å². The fourth-order valence-electron chi connectivity index (χ4n) is 3.51. The Morgan fingerprint density at radius 2 is 1.88 bits per heavy atom. The Hall–Kier alpha value is -2.24. The summed E-state index contributed by atoms with van der Waals surface area (Å²) in [6.45, 7) is 9.12. The minimum absolute atomic E-state index is 0.542. The number of nitrogens with zero attached hydrogens (tertiary/aromatic N) is 2. The molecule has 0 radical (unpaired) electrons. The van der Waals surface area contributed by atoms with Crippen LogP contribution in [-0.2, 0) is 11.5 Å². The first-order valence-corrected chi connectivity index (χ1v) is 8.99. The molecule has 0 atom stereocenters. The summed E-state index contributed by atoms with van der Waals surface area (Å²) < 4.78 is 0. The SMILES string of the molecule is Cc1ccccc1N1CCN(CCNc2ccc3c(c2)OOC3)CC1. The van der Waals surface area contributed by atoms with Crippen LogP contribution in [0.25, 0.3) is 0 Å². The average Bonchev–Trinajstić information content (AvgIpc) is 3.11. The van der Waals surface area contributed by atoms with Gasteiger partial charge in [-0.1, -0.05) is 24.3 Å². The van der Waals surface area contributed by atoms with Gasteiger partial charge in [-0.15, -0.1) is 0 Å². The van der Waals surface area contributed by atoms with Gasteiger partial charge in [-0.05, 0) is 24.6 Å². The molecule has 2 aliphatic rings. The van der Waals surface area contributed by atoms with Crippen LogP contribution >= 0.6 is 0 Å². The second-order valence-electron chi connectivity index (χ2n) is 6.71. The standard InChI is InChI=1S/C20H25N3O2/c1-16-4-2-3-5-19(16)23-12-10-22(11-13-23)9-8-21-18-7-6-17-15-24-25-20(17)14-18/h2-7,14,21H,8-13,15H2,1H3. The Labute approximate surface area is 149 Å². The van der Waals surface area contributed by atoms with E-state index in [0.717, 1.165) is 56.3 Å². The fourth-order valence-corrected chi connectivity index (χ4v) is 3.51. The van der Waals surface area contributed by atoms with Crippen molar-refractivity contribution >= 4 is 11.4 Å². The van der Waals surface area contributed by atoms with E-state index in [2.05, 4.69) is 58.4 Å². The van der Waals surface area contributed by atoms with Crippen molar-refractivity contribution in [1.82, 2.24) is 4.90 Å². The van der Waals surface area contributed by atoms with Crippen LogP contribution in [0.15, 0.2) is 42.5 Å². The highest BCUT2D eigenvalue weighted by Gasteiger charge is 2.18.